The number of nitrogens with one attached hydrogen (secondary N) is 2. The van der Waals surface area contributed by atoms with Gasteiger partial charge in [0.05, 0.1) is 18.6 Å². The van der Waals surface area contributed by atoms with E-state index < -0.39 is 10.0 Å². The van der Waals surface area contributed by atoms with Crippen LogP contribution < -0.4 is 14.8 Å². The van der Waals surface area contributed by atoms with Gasteiger partial charge in [0.15, 0.2) is 5.76 Å². The fourth-order valence-corrected chi connectivity index (χ4v) is 3.54. The maximum atomic E-state index is 12.7. The molecule has 0 atom stereocenters. The van der Waals surface area contributed by atoms with Crippen molar-refractivity contribution < 1.29 is 22.4 Å². The molecular weight excluding hydrogens is 380 g/mol. The third-order valence-electron chi connectivity index (χ3n) is 4.48. The van der Waals surface area contributed by atoms with Crippen molar-refractivity contribution in [1.82, 2.24) is 0 Å². The number of benzene rings is 2. The van der Waals surface area contributed by atoms with Crippen molar-refractivity contribution in [2.24, 2.45) is 0 Å². The molecule has 0 aliphatic heterocycles. The van der Waals surface area contributed by atoms with E-state index in [2.05, 4.69) is 10.0 Å². The van der Waals surface area contributed by atoms with E-state index in [9.17, 15) is 13.2 Å². The van der Waals surface area contributed by atoms with Gasteiger partial charge in [-0.1, -0.05) is 0 Å². The van der Waals surface area contributed by atoms with Gasteiger partial charge >= 0.3 is 0 Å². The summed E-state index contributed by atoms with van der Waals surface area (Å²) in [5.41, 5.74) is 3.03. The van der Waals surface area contributed by atoms with Gasteiger partial charge in [-0.25, -0.2) is 8.42 Å². The first kappa shape index (κ1) is 19.8. The van der Waals surface area contributed by atoms with Crippen LogP contribution in [0.2, 0.25) is 0 Å². The minimum atomic E-state index is -3.36. The maximum Gasteiger partial charge on any atom is 0.291 e. The Morgan fingerprint density at radius 2 is 1.89 bits per heavy atom. The van der Waals surface area contributed by atoms with Gasteiger partial charge in [-0.2, -0.15) is 0 Å². The number of hydrogen-bond donors (Lipinski definition) is 2. The second-order valence-electron chi connectivity index (χ2n) is 6.41. The third kappa shape index (κ3) is 3.96. The predicted octanol–water partition coefficient (Wildman–Crippen LogP) is 4.07. The molecule has 148 valence electrons. The molecule has 7 nitrogen and oxygen atoms in total. The Balaban J connectivity index is 1.84. The molecule has 0 radical (unpaired) electrons. The molecule has 8 heteroatoms. The van der Waals surface area contributed by atoms with E-state index in [0.717, 1.165) is 10.9 Å². The number of carbonyl (C=O) groups excluding carboxylic acids is 1. The molecule has 0 bridgehead atoms. The monoisotopic (exact) mass is 402 g/mol. The van der Waals surface area contributed by atoms with Crippen LogP contribution in [0, 0.1) is 13.8 Å². The Morgan fingerprint density at radius 3 is 2.54 bits per heavy atom. The van der Waals surface area contributed by atoms with E-state index in [4.69, 9.17) is 9.15 Å². The average Bonchev–Trinajstić information content (AvgIpc) is 3.00. The van der Waals surface area contributed by atoms with Gasteiger partial charge in [0.2, 0.25) is 10.0 Å². The quantitative estimate of drug-likeness (QED) is 0.648. The van der Waals surface area contributed by atoms with Crippen LogP contribution in [0.25, 0.3) is 11.0 Å². The number of furan rings is 1. The summed E-state index contributed by atoms with van der Waals surface area (Å²) in [5.74, 6) is 0.510. The highest BCUT2D eigenvalue weighted by Gasteiger charge is 2.19. The summed E-state index contributed by atoms with van der Waals surface area (Å²) in [7, 11) is -1.78. The first-order valence-electron chi connectivity index (χ1n) is 8.73. The minimum Gasteiger partial charge on any atom is -0.497 e. The first-order chi connectivity index (χ1) is 13.2. The molecule has 0 unspecified atom stereocenters. The van der Waals surface area contributed by atoms with Crippen LogP contribution >= 0.6 is 0 Å². The predicted molar refractivity (Wildman–Crippen MR) is 110 cm³/mol. The highest BCUT2D eigenvalue weighted by molar-refractivity contribution is 7.92. The number of ether oxygens (including phenoxy) is 1. The Labute approximate surface area is 163 Å². The van der Waals surface area contributed by atoms with Crippen LogP contribution in [0.1, 0.15) is 28.6 Å². The third-order valence-corrected chi connectivity index (χ3v) is 5.77. The lowest BCUT2D eigenvalue weighted by atomic mass is 10.1. The largest absolute Gasteiger partial charge is 0.497 e. The van der Waals surface area contributed by atoms with Crippen LogP contribution in [0.5, 0.6) is 5.75 Å². The summed E-state index contributed by atoms with van der Waals surface area (Å²) in [6.45, 7) is 5.15. The van der Waals surface area contributed by atoms with Gasteiger partial charge < -0.3 is 14.5 Å². The average molecular weight is 402 g/mol. The first-order valence-corrected chi connectivity index (χ1v) is 10.4. The SMILES string of the molecule is CCS(=O)(=O)Nc1ccc(NC(=O)c2oc3ccc(OC)cc3c2C)cc1C. The van der Waals surface area contributed by atoms with Crippen LogP contribution in [0.4, 0.5) is 11.4 Å². The summed E-state index contributed by atoms with van der Waals surface area (Å²) in [5, 5.41) is 3.60. The Morgan fingerprint density at radius 1 is 1.14 bits per heavy atom. The van der Waals surface area contributed by atoms with Crippen molar-refractivity contribution in [1.29, 1.82) is 0 Å². The number of fused-ring (bicyclic) bond motifs is 1. The number of aryl methyl sites for hydroxylation is 2. The molecule has 2 aromatic carbocycles. The summed E-state index contributed by atoms with van der Waals surface area (Å²) in [6, 6.07) is 10.3. The van der Waals surface area contributed by atoms with Crippen LogP contribution in [0.15, 0.2) is 40.8 Å². The van der Waals surface area contributed by atoms with Gasteiger partial charge in [-0.15, -0.1) is 0 Å². The number of amides is 1. The zero-order valence-electron chi connectivity index (χ0n) is 16.1. The molecule has 1 aromatic heterocycles. The van der Waals surface area contributed by atoms with E-state index in [0.29, 0.717) is 28.3 Å². The summed E-state index contributed by atoms with van der Waals surface area (Å²) in [6.07, 6.45) is 0. The molecule has 28 heavy (non-hydrogen) atoms. The van der Waals surface area contributed by atoms with Gasteiger partial charge in [0, 0.05) is 16.6 Å². The zero-order chi connectivity index (χ0) is 20.5. The fourth-order valence-electron chi connectivity index (χ4n) is 2.83. The van der Waals surface area contributed by atoms with Gasteiger partial charge in [0.25, 0.3) is 5.91 Å². The molecule has 0 aliphatic carbocycles. The number of anilines is 2. The summed E-state index contributed by atoms with van der Waals surface area (Å²) in [4.78, 5) is 12.7. The molecule has 0 saturated carbocycles. The molecule has 0 spiro atoms. The molecule has 3 rings (SSSR count). The van der Waals surface area contributed by atoms with Crippen molar-refractivity contribution >= 4 is 38.3 Å². The van der Waals surface area contributed by atoms with Crippen molar-refractivity contribution in [2.75, 3.05) is 22.9 Å². The summed E-state index contributed by atoms with van der Waals surface area (Å²) >= 11 is 0. The topological polar surface area (TPSA) is 97.6 Å². The molecule has 2 N–H and O–H groups in total. The van der Waals surface area contributed by atoms with Crippen LogP contribution in [0.3, 0.4) is 0 Å². The van der Waals surface area contributed by atoms with E-state index in [1.54, 1.807) is 51.3 Å². The molecule has 0 saturated heterocycles. The molecule has 1 amide bonds. The van der Waals surface area contributed by atoms with Gasteiger partial charge in [0.1, 0.15) is 11.3 Å². The van der Waals surface area contributed by atoms with Crippen molar-refractivity contribution in [2.45, 2.75) is 20.8 Å². The van der Waals surface area contributed by atoms with Crippen molar-refractivity contribution in [3.63, 3.8) is 0 Å². The molecule has 0 fully saturated rings. The highest BCUT2D eigenvalue weighted by Crippen LogP contribution is 2.29. The lowest BCUT2D eigenvalue weighted by Crippen LogP contribution is -2.16. The Hall–Kier alpha value is -3.00. The van der Waals surface area contributed by atoms with E-state index in [-0.39, 0.29) is 17.4 Å². The zero-order valence-corrected chi connectivity index (χ0v) is 16.9. The van der Waals surface area contributed by atoms with Gasteiger partial charge in [-0.3, -0.25) is 9.52 Å². The molecule has 1 heterocycles. The second kappa shape index (κ2) is 7.55. The number of carbonyl (C=O) groups is 1. The smallest absolute Gasteiger partial charge is 0.291 e. The van der Waals surface area contributed by atoms with Crippen molar-refractivity contribution in [3.05, 3.63) is 53.3 Å². The molecule has 0 aliphatic rings. The lowest BCUT2D eigenvalue weighted by Gasteiger charge is -2.11. The second-order valence-corrected chi connectivity index (χ2v) is 8.42. The number of sulfonamides is 1. The minimum absolute atomic E-state index is 0.0129. The molecule has 3 aromatic rings. The number of methoxy groups -OCH3 is 1. The van der Waals surface area contributed by atoms with Crippen LogP contribution in [-0.2, 0) is 10.0 Å². The van der Waals surface area contributed by atoms with Gasteiger partial charge in [-0.05, 0) is 62.7 Å². The highest BCUT2D eigenvalue weighted by atomic mass is 32.2. The standard InChI is InChI=1S/C20H22N2O5S/c1-5-28(24,25)22-17-8-6-14(10-12(17)2)21-20(23)19-13(3)16-11-15(26-4)7-9-18(16)27-19/h6-11,22H,5H2,1-4H3,(H,21,23). The number of hydrogen-bond acceptors (Lipinski definition) is 5. The van der Waals surface area contributed by atoms with E-state index in [1.807, 2.05) is 13.0 Å². The summed E-state index contributed by atoms with van der Waals surface area (Å²) < 4.78 is 36.9. The molecular formula is C20H22N2O5S. The Bertz CT molecular complexity index is 1150. The van der Waals surface area contributed by atoms with E-state index >= 15 is 0 Å². The normalized spacial score (nSPS) is 11.4. The number of rotatable bonds is 6. The van der Waals surface area contributed by atoms with Crippen LogP contribution in [-0.4, -0.2) is 27.2 Å². The maximum absolute atomic E-state index is 12.7. The van der Waals surface area contributed by atoms with E-state index in [1.165, 1.54) is 0 Å². The lowest BCUT2D eigenvalue weighted by molar-refractivity contribution is 0.0998. The van der Waals surface area contributed by atoms with Crippen molar-refractivity contribution in [3.8, 4) is 5.75 Å². The fraction of sp³-hybridized carbons (Fsp3) is 0.250. The Kier molecular flexibility index (Phi) is 5.33.